The zero-order valence-electron chi connectivity index (χ0n) is 14.6. The maximum absolute atomic E-state index is 11.2. The summed E-state index contributed by atoms with van der Waals surface area (Å²) >= 11 is 0. The minimum Gasteiger partial charge on any atom is -0.544 e. The van der Waals surface area contributed by atoms with E-state index in [-0.39, 0.29) is 30.8 Å². The van der Waals surface area contributed by atoms with E-state index in [4.69, 9.17) is 4.74 Å². The van der Waals surface area contributed by atoms with Crippen molar-refractivity contribution in [3.8, 4) is 0 Å². The van der Waals surface area contributed by atoms with Crippen molar-refractivity contribution in [2.24, 2.45) is 0 Å². The topological polar surface area (TPSA) is 89.8 Å². The lowest BCUT2D eigenvalue weighted by atomic mass is 10.1. The standard InChI is InChI=1S/C17H33NO5/c1-3-4-5-6-7-8-14-23-15-11-18(9-12-19,10-13-20)16(2)17(21)22/h8,14,16,19-20H,3-7,9-13,15H2,1-2H3/b14-8+. The average Bonchev–Trinajstić information content (AvgIpc) is 2.52. The molecule has 1 atom stereocenters. The van der Waals surface area contributed by atoms with Crippen molar-refractivity contribution in [2.45, 2.75) is 52.0 Å². The third-order valence-corrected chi connectivity index (χ3v) is 4.32. The van der Waals surface area contributed by atoms with Gasteiger partial charge in [0.15, 0.2) is 0 Å². The van der Waals surface area contributed by atoms with E-state index in [2.05, 4.69) is 6.92 Å². The van der Waals surface area contributed by atoms with Crippen LogP contribution in [0.1, 0.15) is 46.0 Å². The van der Waals surface area contributed by atoms with Crippen LogP contribution in [0, 0.1) is 0 Å². The van der Waals surface area contributed by atoms with E-state index in [1.165, 1.54) is 19.3 Å². The summed E-state index contributed by atoms with van der Waals surface area (Å²) in [5, 5.41) is 29.7. The molecule has 2 N–H and O–H groups in total. The third-order valence-electron chi connectivity index (χ3n) is 4.32. The van der Waals surface area contributed by atoms with Crippen molar-refractivity contribution in [1.82, 2.24) is 0 Å². The van der Waals surface area contributed by atoms with Crippen molar-refractivity contribution in [3.63, 3.8) is 0 Å². The van der Waals surface area contributed by atoms with Crippen LogP contribution in [-0.2, 0) is 9.53 Å². The van der Waals surface area contributed by atoms with Crippen molar-refractivity contribution >= 4 is 5.97 Å². The molecule has 0 aromatic heterocycles. The van der Waals surface area contributed by atoms with Crippen LogP contribution in [0.25, 0.3) is 0 Å². The number of ether oxygens (including phenoxy) is 1. The van der Waals surface area contributed by atoms with Crippen LogP contribution in [0.15, 0.2) is 12.3 Å². The van der Waals surface area contributed by atoms with E-state index in [0.29, 0.717) is 13.2 Å². The van der Waals surface area contributed by atoms with Crippen LogP contribution in [0.4, 0.5) is 0 Å². The molecule has 0 rings (SSSR count). The molecule has 6 heteroatoms. The second-order valence-corrected chi connectivity index (χ2v) is 5.92. The van der Waals surface area contributed by atoms with Crippen molar-refractivity contribution < 1.29 is 29.3 Å². The first-order valence-electron chi connectivity index (χ1n) is 8.59. The molecule has 0 aliphatic rings. The minimum absolute atomic E-state index is 0.0552. The summed E-state index contributed by atoms with van der Waals surface area (Å²) in [7, 11) is 0. The lowest BCUT2D eigenvalue weighted by Gasteiger charge is -2.43. The largest absolute Gasteiger partial charge is 0.544 e. The van der Waals surface area contributed by atoms with E-state index in [0.717, 1.165) is 12.8 Å². The molecular weight excluding hydrogens is 298 g/mol. The second kappa shape index (κ2) is 13.3. The number of unbranched alkanes of at least 4 members (excludes halogenated alkanes) is 4. The van der Waals surface area contributed by atoms with Crippen LogP contribution in [0.3, 0.4) is 0 Å². The molecule has 0 radical (unpaired) electrons. The van der Waals surface area contributed by atoms with Crippen LogP contribution in [-0.4, -0.2) is 66.2 Å². The molecule has 0 heterocycles. The molecule has 0 aliphatic carbocycles. The molecule has 0 saturated heterocycles. The summed E-state index contributed by atoms with van der Waals surface area (Å²) in [6.07, 6.45) is 9.43. The molecule has 1 unspecified atom stereocenters. The Hall–Kier alpha value is -1.11. The molecule has 23 heavy (non-hydrogen) atoms. The van der Waals surface area contributed by atoms with E-state index >= 15 is 0 Å². The first kappa shape index (κ1) is 21.9. The molecule has 0 aliphatic heterocycles. The zero-order valence-corrected chi connectivity index (χ0v) is 14.6. The monoisotopic (exact) mass is 331 g/mol. The van der Waals surface area contributed by atoms with E-state index in [9.17, 15) is 20.1 Å². The number of carboxylic acid groups (broad SMARTS) is 1. The Morgan fingerprint density at radius 1 is 1.17 bits per heavy atom. The summed E-state index contributed by atoms with van der Waals surface area (Å²) in [5.41, 5.74) is 0. The third kappa shape index (κ3) is 8.93. The van der Waals surface area contributed by atoms with Gasteiger partial charge in [-0.1, -0.05) is 26.2 Å². The molecule has 0 saturated carbocycles. The average molecular weight is 331 g/mol. The van der Waals surface area contributed by atoms with Gasteiger partial charge in [0.2, 0.25) is 0 Å². The minimum atomic E-state index is -1.18. The Bertz CT molecular complexity index is 327. The fourth-order valence-electron chi connectivity index (χ4n) is 2.67. The molecule has 0 spiro atoms. The smallest absolute Gasteiger partial charge is 0.136 e. The van der Waals surface area contributed by atoms with Crippen LogP contribution < -0.4 is 5.11 Å². The Morgan fingerprint density at radius 3 is 2.35 bits per heavy atom. The van der Waals surface area contributed by atoms with Gasteiger partial charge in [0.1, 0.15) is 32.3 Å². The Balaban J connectivity index is 4.33. The Kier molecular flexibility index (Phi) is 12.7. The van der Waals surface area contributed by atoms with Gasteiger partial charge in [0.25, 0.3) is 0 Å². The first-order chi connectivity index (χ1) is 11.0. The molecule has 0 fully saturated rings. The molecule has 0 aromatic rings. The quantitative estimate of drug-likeness (QED) is 0.258. The van der Waals surface area contributed by atoms with Gasteiger partial charge in [-0.3, -0.25) is 0 Å². The van der Waals surface area contributed by atoms with Crippen molar-refractivity contribution in [3.05, 3.63) is 12.3 Å². The normalized spacial score (nSPS) is 13.4. The highest BCUT2D eigenvalue weighted by Gasteiger charge is 2.33. The Morgan fingerprint density at radius 2 is 1.83 bits per heavy atom. The highest BCUT2D eigenvalue weighted by atomic mass is 16.5. The number of quaternary nitrogens is 1. The van der Waals surface area contributed by atoms with Gasteiger partial charge < -0.3 is 29.3 Å². The summed E-state index contributed by atoms with van der Waals surface area (Å²) in [4.78, 5) is 11.2. The maximum Gasteiger partial charge on any atom is 0.136 e. The predicted molar refractivity (Wildman–Crippen MR) is 87.4 cm³/mol. The number of allylic oxidation sites excluding steroid dienone is 1. The van der Waals surface area contributed by atoms with E-state index < -0.39 is 12.0 Å². The zero-order chi connectivity index (χ0) is 17.6. The van der Waals surface area contributed by atoms with Gasteiger partial charge in [0, 0.05) is 0 Å². The molecule has 0 bridgehead atoms. The summed E-state index contributed by atoms with van der Waals surface area (Å²) < 4.78 is 5.50. The van der Waals surface area contributed by atoms with E-state index in [1.54, 1.807) is 13.2 Å². The Labute approximate surface area is 140 Å². The number of hydrogen-bond donors (Lipinski definition) is 2. The second-order valence-electron chi connectivity index (χ2n) is 5.92. The molecule has 6 nitrogen and oxygen atoms in total. The number of rotatable bonds is 15. The van der Waals surface area contributed by atoms with Crippen LogP contribution >= 0.6 is 0 Å². The maximum atomic E-state index is 11.2. The molecule has 0 amide bonds. The molecule has 136 valence electrons. The van der Waals surface area contributed by atoms with Gasteiger partial charge in [0.05, 0.1) is 25.4 Å². The SMILES string of the molecule is CCCCCC/C=C/OCC[N+](CCO)(CCO)C(C)C(=O)[O-]. The molecular formula is C17H33NO5. The van der Waals surface area contributed by atoms with Crippen LogP contribution in [0.2, 0.25) is 0 Å². The molecule has 0 aromatic carbocycles. The van der Waals surface area contributed by atoms with Gasteiger partial charge >= 0.3 is 0 Å². The summed E-state index contributed by atoms with van der Waals surface area (Å²) in [5.74, 6) is -1.18. The number of carbonyl (C=O) groups is 1. The fraction of sp³-hybridized carbons (Fsp3) is 0.824. The van der Waals surface area contributed by atoms with Gasteiger partial charge in [-0.25, -0.2) is 0 Å². The predicted octanol–water partition coefficient (Wildman–Crippen LogP) is 0.427. The number of aliphatic carboxylic acids is 1. The number of aliphatic hydroxyl groups excluding tert-OH is 2. The lowest BCUT2D eigenvalue weighted by molar-refractivity contribution is -0.943. The number of carbonyl (C=O) groups excluding carboxylic acids is 1. The van der Waals surface area contributed by atoms with Crippen molar-refractivity contribution in [2.75, 3.05) is 39.5 Å². The van der Waals surface area contributed by atoms with Gasteiger partial charge in [-0.05, 0) is 25.8 Å². The highest BCUT2D eigenvalue weighted by molar-refractivity contribution is 5.69. The van der Waals surface area contributed by atoms with Crippen molar-refractivity contribution in [1.29, 1.82) is 0 Å². The fourth-order valence-corrected chi connectivity index (χ4v) is 2.67. The first-order valence-corrected chi connectivity index (χ1v) is 8.59. The van der Waals surface area contributed by atoms with Gasteiger partial charge in [-0.15, -0.1) is 0 Å². The lowest BCUT2D eigenvalue weighted by Crippen LogP contribution is -2.63. The number of hydrogen-bond acceptors (Lipinski definition) is 5. The highest BCUT2D eigenvalue weighted by Crippen LogP contribution is 2.13. The summed E-state index contributed by atoms with van der Waals surface area (Å²) in [6, 6.07) is -0.809. The number of nitrogens with zero attached hydrogens (tertiary/aromatic N) is 1. The van der Waals surface area contributed by atoms with E-state index in [1.807, 2.05) is 6.08 Å². The van der Waals surface area contributed by atoms with Gasteiger partial charge in [-0.2, -0.15) is 0 Å². The summed E-state index contributed by atoms with van der Waals surface area (Å²) in [6.45, 7) is 4.66. The van der Waals surface area contributed by atoms with Crippen LogP contribution in [0.5, 0.6) is 0 Å². The number of carboxylic acids is 1. The number of aliphatic hydroxyl groups is 2.